The van der Waals surface area contributed by atoms with Crippen LogP contribution < -0.4 is 0 Å². The van der Waals surface area contributed by atoms with Crippen LogP contribution in [0.15, 0.2) is 54.6 Å². The van der Waals surface area contributed by atoms with Crippen molar-refractivity contribution >= 4 is 34.2 Å². The Balaban J connectivity index is 2.24. The number of rotatable bonds is 3. The second kappa shape index (κ2) is 5.94. The summed E-state index contributed by atoms with van der Waals surface area (Å²) in [6, 6.07) is 18.3. The van der Waals surface area contributed by atoms with Crippen LogP contribution in [-0.4, -0.2) is 9.73 Å². The molecule has 2 heteroatoms. The van der Waals surface area contributed by atoms with Crippen LogP contribution in [0, 0.1) is 0 Å². The van der Waals surface area contributed by atoms with Crippen LogP contribution in [-0.2, 0) is 5.41 Å². The van der Waals surface area contributed by atoms with Gasteiger partial charge in [-0.25, -0.2) is 0 Å². The molecule has 0 aliphatic carbocycles. The molecule has 20 heavy (non-hydrogen) atoms. The summed E-state index contributed by atoms with van der Waals surface area (Å²) >= 11 is 11.0. The molecule has 0 saturated carbocycles. The van der Waals surface area contributed by atoms with Gasteiger partial charge < -0.3 is 0 Å². The summed E-state index contributed by atoms with van der Waals surface area (Å²) in [5, 5.41) is 0. The highest BCUT2D eigenvalue weighted by atomic mass is 32.1. The van der Waals surface area contributed by atoms with E-state index in [2.05, 4.69) is 45.0 Å². The maximum absolute atomic E-state index is 5.52. The summed E-state index contributed by atoms with van der Waals surface area (Å²) in [6.45, 7) is 6.61. The first-order valence-electron chi connectivity index (χ1n) is 6.64. The van der Waals surface area contributed by atoms with Crippen molar-refractivity contribution in [3.63, 3.8) is 0 Å². The molecule has 0 nitrogen and oxygen atoms in total. The van der Waals surface area contributed by atoms with Crippen molar-refractivity contribution in [1.82, 2.24) is 0 Å². The van der Waals surface area contributed by atoms with Gasteiger partial charge in [0.05, 0.1) is 9.73 Å². The van der Waals surface area contributed by atoms with Gasteiger partial charge in [0.2, 0.25) is 0 Å². The Morgan fingerprint density at radius 3 is 1.60 bits per heavy atom. The molecule has 0 spiro atoms. The van der Waals surface area contributed by atoms with Crippen LogP contribution in [0.2, 0.25) is 0 Å². The predicted octanol–water partition coefficient (Wildman–Crippen LogP) is 5.12. The van der Waals surface area contributed by atoms with Gasteiger partial charge in [-0.05, 0) is 22.1 Å². The van der Waals surface area contributed by atoms with Gasteiger partial charge in [-0.1, -0.05) is 99.8 Å². The lowest BCUT2D eigenvalue weighted by molar-refractivity contribution is 0.590. The highest BCUT2D eigenvalue weighted by molar-refractivity contribution is 7.90. The molecular weight excluding hydrogens is 280 g/mol. The number of hydrogen-bond acceptors (Lipinski definition) is 2. The van der Waals surface area contributed by atoms with Crippen LogP contribution in [0.25, 0.3) is 0 Å². The normalized spacial score (nSPS) is 11.2. The Bertz CT molecular complexity index is 617. The summed E-state index contributed by atoms with van der Waals surface area (Å²) in [4.78, 5) is 1.48. The Hall–Kier alpha value is -1.38. The van der Waals surface area contributed by atoms with E-state index in [1.54, 1.807) is 0 Å². The third kappa shape index (κ3) is 3.38. The average molecular weight is 298 g/mol. The third-order valence-corrected chi connectivity index (χ3v) is 4.26. The maximum atomic E-state index is 5.52. The van der Waals surface area contributed by atoms with E-state index < -0.39 is 0 Å². The standard InChI is InChI=1S/C18H18S2/c1-18(2,3)15-11-9-14(10-12-15)17(20)16(19)13-7-5-4-6-8-13/h4-12H,1-3H3. The van der Waals surface area contributed by atoms with Crippen molar-refractivity contribution < 1.29 is 0 Å². The Morgan fingerprint density at radius 1 is 0.700 bits per heavy atom. The number of hydrogen-bond donors (Lipinski definition) is 0. The summed E-state index contributed by atoms with van der Waals surface area (Å²) in [5.41, 5.74) is 3.48. The molecule has 0 heterocycles. The lowest BCUT2D eigenvalue weighted by Gasteiger charge is -2.19. The molecule has 0 saturated heterocycles. The smallest absolute Gasteiger partial charge is 0.0636 e. The van der Waals surface area contributed by atoms with E-state index in [9.17, 15) is 0 Å². The molecule has 0 bridgehead atoms. The van der Waals surface area contributed by atoms with Gasteiger partial charge in [-0.2, -0.15) is 0 Å². The molecule has 0 fully saturated rings. The van der Waals surface area contributed by atoms with Crippen LogP contribution >= 0.6 is 24.4 Å². The topological polar surface area (TPSA) is 0 Å². The zero-order valence-corrected chi connectivity index (χ0v) is 13.6. The first kappa shape index (κ1) is 15.0. The van der Waals surface area contributed by atoms with Gasteiger partial charge >= 0.3 is 0 Å². The van der Waals surface area contributed by atoms with E-state index in [0.717, 1.165) is 20.9 Å². The van der Waals surface area contributed by atoms with Crippen LogP contribution in [0.1, 0.15) is 37.5 Å². The Labute approximate surface area is 131 Å². The molecule has 0 unspecified atom stereocenters. The SMILES string of the molecule is CC(C)(C)c1ccc(C(=S)C(=S)c2ccccc2)cc1. The molecule has 0 radical (unpaired) electrons. The second-order valence-corrected chi connectivity index (χ2v) is 6.67. The summed E-state index contributed by atoms with van der Waals surface area (Å²) in [5.74, 6) is 0. The monoisotopic (exact) mass is 298 g/mol. The van der Waals surface area contributed by atoms with Gasteiger partial charge in [-0.3, -0.25) is 0 Å². The van der Waals surface area contributed by atoms with Gasteiger partial charge in [0.15, 0.2) is 0 Å². The molecule has 0 aliphatic rings. The first-order valence-corrected chi connectivity index (χ1v) is 7.46. The first-order chi connectivity index (χ1) is 9.39. The summed E-state index contributed by atoms with van der Waals surface area (Å²) < 4.78 is 0. The van der Waals surface area contributed by atoms with Crippen molar-refractivity contribution in [3.05, 3.63) is 71.3 Å². The van der Waals surface area contributed by atoms with Gasteiger partial charge in [-0.15, -0.1) is 0 Å². The Kier molecular flexibility index (Phi) is 4.46. The number of thiocarbonyl (C=S) groups is 2. The van der Waals surface area contributed by atoms with Crippen molar-refractivity contribution in [1.29, 1.82) is 0 Å². The highest BCUT2D eigenvalue weighted by Crippen LogP contribution is 2.22. The molecular formula is C18H18S2. The quantitative estimate of drug-likeness (QED) is 0.570. The highest BCUT2D eigenvalue weighted by Gasteiger charge is 2.15. The van der Waals surface area contributed by atoms with Crippen molar-refractivity contribution in [2.75, 3.05) is 0 Å². The summed E-state index contributed by atoms with van der Waals surface area (Å²) in [6.07, 6.45) is 0. The maximum Gasteiger partial charge on any atom is 0.0636 e. The average Bonchev–Trinajstić information content (AvgIpc) is 2.46. The second-order valence-electron chi connectivity index (χ2n) is 5.85. The fourth-order valence-electron chi connectivity index (χ4n) is 1.97. The summed E-state index contributed by atoms with van der Waals surface area (Å²) in [7, 11) is 0. The number of benzene rings is 2. The molecule has 0 aromatic heterocycles. The largest absolute Gasteiger partial charge is 0.0778 e. The van der Waals surface area contributed by atoms with Crippen LogP contribution in [0.5, 0.6) is 0 Å². The van der Waals surface area contributed by atoms with Crippen molar-refractivity contribution in [2.45, 2.75) is 26.2 Å². The fourth-order valence-corrected chi connectivity index (χ4v) is 2.48. The molecule has 102 valence electrons. The zero-order chi connectivity index (χ0) is 14.8. The molecule has 0 aliphatic heterocycles. The molecule has 0 N–H and O–H groups in total. The van der Waals surface area contributed by atoms with Crippen molar-refractivity contribution in [3.8, 4) is 0 Å². The zero-order valence-electron chi connectivity index (χ0n) is 12.0. The van der Waals surface area contributed by atoms with Gasteiger partial charge in [0.25, 0.3) is 0 Å². The van der Waals surface area contributed by atoms with Crippen LogP contribution in [0.3, 0.4) is 0 Å². The molecule has 0 amide bonds. The molecule has 0 atom stereocenters. The predicted molar refractivity (Wildman–Crippen MR) is 95.0 cm³/mol. The molecule has 2 aromatic rings. The minimum absolute atomic E-state index is 0.153. The fraction of sp³-hybridized carbons (Fsp3) is 0.222. The molecule has 2 rings (SSSR count). The Morgan fingerprint density at radius 2 is 1.15 bits per heavy atom. The van der Waals surface area contributed by atoms with E-state index in [0.29, 0.717) is 0 Å². The van der Waals surface area contributed by atoms with E-state index in [1.165, 1.54) is 5.56 Å². The molecule has 2 aromatic carbocycles. The van der Waals surface area contributed by atoms with E-state index in [1.807, 2.05) is 30.3 Å². The van der Waals surface area contributed by atoms with E-state index in [4.69, 9.17) is 24.4 Å². The van der Waals surface area contributed by atoms with Gasteiger partial charge in [0, 0.05) is 0 Å². The third-order valence-electron chi connectivity index (χ3n) is 3.26. The van der Waals surface area contributed by atoms with E-state index in [-0.39, 0.29) is 5.41 Å². The lowest BCUT2D eigenvalue weighted by atomic mass is 9.86. The lowest BCUT2D eigenvalue weighted by Crippen LogP contribution is -2.14. The minimum Gasteiger partial charge on any atom is -0.0778 e. The van der Waals surface area contributed by atoms with Crippen LogP contribution in [0.4, 0.5) is 0 Å². The van der Waals surface area contributed by atoms with Gasteiger partial charge in [0.1, 0.15) is 0 Å². The minimum atomic E-state index is 0.153. The van der Waals surface area contributed by atoms with Crippen molar-refractivity contribution in [2.24, 2.45) is 0 Å². The van der Waals surface area contributed by atoms with E-state index >= 15 is 0 Å².